The van der Waals surface area contributed by atoms with Gasteiger partial charge in [-0.05, 0) is 19.1 Å². The van der Waals surface area contributed by atoms with Crippen LogP contribution in [0.25, 0.3) is 0 Å². The van der Waals surface area contributed by atoms with Crippen LogP contribution in [-0.4, -0.2) is 38.4 Å². The van der Waals surface area contributed by atoms with Crippen molar-refractivity contribution in [1.82, 2.24) is 0 Å². The first-order valence-electron chi connectivity index (χ1n) is 5.76. The van der Waals surface area contributed by atoms with E-state index in [0.717, 1.165) is 6.07 Å². The molecule has 0 fully saturated rings. The minimum Gasteiger partial charge on any atom is -0.409 e. The van der Waals surface area contributed by atoms with Crippen LogP contribution < -0.4 is 10.5 Å². The van der Waals surface area contributed by atoms with Gasteiger partial charge in [0.05, 0.1) is 23.6 Å². The molecule has 1 aromatic rings. The number of hydrogen-bond donors (Lipinski definition) is 3. The highest BCUT2D eigenvalue weighted by Crippen LogP contribution is 2.20. The minimum absolute atomic E-state index is 0.0139. The highest BCUT2D eigenvalue weighted by Gasteiger charge is 2.18. The maximum atomic E-state index is 13.6. The molecule has 9 heteroatoms. The summed E-state index contributed by atoms with van der Waals surface area (Å²) in [5.41, 5.74) is 4.93. The van der Waals surface area contributed by atoms with Crippen molar-refractivity contribution in [3.05, 3.63) is 29.6 Å². The number of amidine groups is 1. The van der Waals surface area contributed by atoms with E-state index in [0.29, 0.717) is 6.61 Å². The Morgan fingerprint density at radius 1 is 1.55 bits per heavy atom. The summed E-state index contributed by atoms with van der Waals surface area (Å²) in [5.74, 6) is -1.61. The highest BCUT2D eigenvalue weighted by atomic mass is 32.2. The second-order valence-corrected chi connectivity index (χ2v) is 5.61. The average Bonchev–Trinajstić information content (AvgIpc) is 2.38. The van der Waals surface area contributed by atoms with Gasteiger partial charge in [-0.2, -0.15) is 0 Å². The topological polar surface area (TPSA) is 114 Å². The zero-order valence-corrected chi connectivity index (χ0v) is 11.7. The van der Waals surface area contributed by atoms with Crippen LogP contribution in [0.15, 0.2) is 23.4 Å². The molecule has 0 aliphatic carbocycles. The molecular weight excluding hydrogens is 289 g/mol. The highest BCUT2D eigenvalue weighted by molar-refractivity contribution is 7.92. The lowest BCUT2D eigenvalue weighted by atomic mass is 10.1. The van der Waals surface area contributed by atoms with Gasteiger partial charge in [-0.15, -0.1) is 0 Å². The Morgan fingerprint density at radius 2 is 2.25 bits per heavy atom. The van der Waals surface area contributed by atoms with Crippen LogP contribution in [0, 0.1) is 5.82 Å². The van der Waals surface area contributed by atoms with E-state index in [1.165, 1.54) is 12.1 Å². The van der Waals surface area contributed by atoms with Crippen LogP contribution in [-0.2, 0) is 14.8 Å². The average molecular weight is 305 g/mol. The Morgan fingerprint density at radius 3 is 2.85 bits per heavy atom. The van der Waals surface area contributed by atoms with Gasteiger partial charge in [0.2, 0.25) is 10.0 Å². The summed E-state index contributed by atoms with van der Waals surface area (Å²) in [6, 6.07) is 3.70. The van der Waals surface area contributed by atoms with Crippen molar-refractivity contribution in [2.24, 2.45) is 10.9 Å². The summed E-state index contributed by atoms with van der Waals surface area (Å²) in [5, 5.41) is 11.3. The van der Waals surface area contributed by atoms with Crippen LogP contribution in [0.2, 0.25) is 0 Å². The van der Waals surface area contributed by atoms with E-state index >= 15 is 0 Å². The number of benzene rings is 1. The van der Waals surface area contributed by atoms with E-state index in [4.69, 9.17) is 15.7 Å². The molecule has 1 rings (SSSR count). The molecule has 0 bridgehead atoms. The van der Waals surface area contributed by atoms with Crippen LogP contribution >= 0.6 is 0 Å². The molecule has 0 atom stereocenters. The number of anilines is 1. The first-order valence-corrected chi connectivity index (χ1v) is 7.41. The lowest BCUT2D eigenvalue weighted by Crippen LogP contribution is -2.24. The van der Waals surface area contributed by atoms with Gasteiger partial charge in [0.1, 0.15) is 5.82 Å². The van der Waals surface area contributed by atoms with Crippen LogP contribution in [0.5, 0.6) is 0 Å². The Kier molecular flexibility index (Phi) is 5.71. The van der Waals surface area contributed by atoms with Gasteiger partial charge in [-0.1, -0.05) is 11.2 Å². The van der Waals surface area contributed by atoms with Crippen molar-refractivity contribution in [3.8, 4) is 0 Å². The summed E-state index contributed by atoms with van der Waals surface area (Å²) >= 11 is 0. The molecule has 1 aromatic carbocycles. The molecule has 112 valence electrons. The molecule has 0 aliphatic rings. The first kappa shape index (κ1) is 16.2. The second-order valence-electron chi connectivity index (χ2n) is 3.77. The summed E-state index contributed by atoms with van der Waals surface area (Å²) in [6.45, 7) is 2.15. The van der Waals surface area contributed by atoms with Gasteiger partial charge in [-0.3, -0.25) is 4.72 Å². The normalized spacial score (nSPS) is 12.4. The lowest BCUT2D eigenvalue weighted by Gasteiger charge is -2.12. The molecule has 0 saturated carbocycles. The number of oxime groups is 1. The number of ether oxygens (including phenoxy) is 1. The fourth-order valence-corrected chi connectivity index (χ4v) is 2.40. The third kappa shape index (κ3) is 4.35. The van der Waals surface area contributed by atoms with Crippen molar-refractivity contribution in [3.63, 3.8) is 0 Å². The molecule has 7 nitrogen and oxygen atoms in total. The van der Waals surface area contributed by atoms with E-state index < -0.39 is 21.7 Å². The standard InChI is InChI=1S/C11H16FN3O4S/c1-2-19-6-7-20(17,18)15-9-5-3-4-8(12)10(9)11(13)14-16/h3-5,15-16H,2,6-7H2,1H3,(H2,13,14). The number of nitrogens with one attached hydrogen (secondary N) is 1. The molecule has 0 radical (unpaired) electrons. The number of sulfonamides is 1. The second kappa shape index (κ2) is 7.06. The van der Waals surface area contributed by atoms with Gasteiger partial charge in [-0.25, -0.2) is 12.8 Å². The van der Waals surface area contributed by atoms with E-state index in [2.05, 4.69) is 9.88 Å². The van der Waals surface area contributed by atoms with E-state index in [1.807, 2.05) is 0 Å². The minimum atomic E-state index is -3.72. The van der Waals surface area contributed by atoms with E-state index in [-0.39, 0.29) is 23.6 Å². The number of nitrogens with two attached hydrogens (primary N) is 1. The predicted molar refractivity (Wildman–Crippen MR) is 72.8 cm³/mol. The van der Waals surface area contributed by atoms with Gasteiger partial charge in [0.15, 0.2) is 5.84 Å². The molecule has 0 amide bonds. The zero-order valence-electron chi connectivity index (χ0n) is 10.8. The maximum absolute atomic E-state index is 13.6. The SMILES string of the molecule is CCOCCS(=O)(=O)Nc1cccc(F)c1C(N)=NO. The van der Waals surface area contributed by atoms with Crippen LogP contribution in [0.1, 0.15) is 12.5 Å². The molecule has 4 N–H and O–H groups in total. The van der Waals surface area contributed by atoms with E-state index in [9.17, 15) is 12.8 Å². The number of halogens is 1. The lowest BCUT2D eigenvalue weighted by molar-refractivity contribution is 0.163. The van der Waals surface area contributed by atoms with Gasteiger partial charge in [0.25, 0.3) is 0 Å². The molecule has 0 heterocycles. The summed E-state index contributed by atoms with van der Waals surface area (Å²) in [6.07, 6.45) is 0. The number of rotatable bonds is 7. The third-order valence-corrected chi connectivity index (χ3v) is 3.58. The summed E-state index contributed by atoms with van der Waals surface area (Å²) < 4.78 is 44.4. The maximum Gasteiger partial charge on any atom is 0.235 e. The summed E-state index contributed by atoms with van der Waals surface area (Å²) in [4.78, 5) is 0. The van der Waals surface area contributed by atoms with Crippen molar-refractivity contribution >= 4 is 21.5 Å². The van der Waals surface area contributed by atoms with Crippen LogP contribution in [0.4, 0.5) is 10.1 Å². The fourth-order valence-electron chi connectivity index (χ4n) is 1.45. The van der Waals surface area contributed by atoms with Gasteiger partial charge in [0, 0.05) is 6.61 Å². The van der Waals surface area contributed by atoms with Gasteiger partial charge >= 0.3 is 0 Å². The Bertz CT molecular complexity index is 589. The Labute approximate surface area is 116 Å². The first-order chi connectivity index (χ1) is 9.41. The number of nitrogens with zero attached hydrogens (tertiary/aromatic N) is 1. The smallest absolute Gasteiger partial charge is 0.235 e. The molecule has 0 spiro atoms. The zero-order chi connectivity index (χ0) is 15.2. The molecular formula is C11H16FN3O4S. The Hall–Kier alpha value is -1.87. The fraction of sp³-hybridized carbons (Fsp3) is 0.364. The third-order valence-electron chi connectivity index (χ3n) is 2.34. The van der Waals surface area contributed by atoms with Crippen molar-refractivity contribution in [2.45, 2.75) is 6.92 Å². The van der Waals surface area contributed by atoms with Gasteiger partial charge < -0.3 is 15.7 Å². The Balaban J connectivity index is 3.01. The molecule has 0 aliphatic heterocycles. The quantitative estimate of drug-likeness (QED) is 0.225. The summed E-state index contributed by atoms with van der Waals surface area (Å²) in [7, 11) is -3.72. The predicted octanol–water partition coefficient (Wildman–Crippen LogP) is 0.698. The van der Waals surface area contributed by atoms with E-state index in [1.54, 1.807) is 6.92 Å². The monoisotopic (exact) mass is 305 g/mol. The molecule has 0 aromatic heterocycles. The molecule has 0 unspecified atom stereocenters. The molecule has 20 heavy (non-hydrogen) atoms. The van der Waals surface area contributed by atoms with Crippen molar-refractivity contribution in [1.29, 1.82) is 0 Å². The van der Waals surface area contributed by atoms with Crippen molar-refractivity contribution < 1.29 is 22.8 Å². The van der Waals surface area contributed by atoms with Crippen molar-refractivity contribution in [2.75, 3.05) is 23.7 Å². The molecule has 0 saturated heterocycles. The largest absolute Gasteiger partial charge is 0.409 e. The number of hydrogen-bond acceptors (Lipinski definition) is 5. The van der Waals surface area contributed by atoms with Crippen LogP contribution in [0.3, 0.4) is 0 Å².